The molecule has 0 spiro atoms. The number of terminal acetylenes is 1. The summed E-state index contributed by atoms with van der Waals surface area (Å²) in [6.45, 7) is 4.22. The molecule has 1 N–H and O–H groups in total. The maximum Gasteiger partial charge on any atom is 0.246 e. The van der Waals surface area contributed by atoms with Gasteiger partial charge in [0.05, 0.1) is 6.54 Å². The maximum atomic E-state index is 11.9. The Labute approximate surface area is 90.0 Å². The van der Waals surface area contributed by atoms with Crippen LogP contribution in [0.2, 0.25) is 0 Å². The van der Waals surface area contributed by atoms with E-state index in [0.29, 0.717) is 0 Å². The molecule has 0 radical (unpaired) electrons. The molecule has 82 valence electrons. The van der Waals surface area contributed by atoms with E-state index in [0.717, 1.165) is 6.42 Å². The molecular formula is C11H16N2O2. The fourth-order valence-electron chi connectivity index (χ4n) is 1.59. The molecule has 4 heteroatoms. The number of carbonyl (C=O) groups excluding carboxylic acids is 2. The topological polar surface area (TPSA) is 49.4 Å². The molecule has 15 heavy (non-hydrogen) atoms. The molecule has 2 unspecified atom stereocenters. The van der Waals surface area contributed by atoms with Crippen LogP contribution in [0.5, 0.6) is 0 Å². The maximum absolute atomic E-state index is 11.9. The van der Waals surface area contributed by atoms with E-state index in [1.54, 1.807) is 0 Å². The van der Waals surface area contributed by atoms with Crippen molar-refractivity contribution < 1.29 is 9.59 Å². The van der Waals surface area contributed by atoms with Gasteiger partial charge in [0, 0.05) is 0 Å². The van der Waals surface area contributed by atoms with E-state index in [9.17, 15) is 9.59 Å². The van der Waals surface area contributed by atoms with Crippen LogP contribution in [0.25, 0.3) is 0 Å². The van der Waals surface area contributed by atoms with Crippen LogP contribution in [0.15, 0.2) is 0 Å². The zero-order valence-electron chi connectivity index (χ0n) is 9.12. The summed E-state index contributed by atoms with van der Waals surface area (Å²) in [6.07, 6.45) is 5.99. The Bertz CT molecular complexity index is 306. The van der Waals surface area contributed by atoms with Gasteiger partial charge in [-0.05, 0) is 5.92 Å². The summed E-state index contributed by atoms with van der Waals surface area (Å²) in [5, 5.41) is 2.71. The summed E-state index contributed by atoms with van der Waals surface area (Å²) in [6, 6.07) is -0.412. The van der Waals surface area contributed by atoms with Gasteiger partial charge in [-0.2, -0.15) is 0 Å². The van der Waals surface area contributed by atoms with Gasteiger partial charge in [-0.3, -0.25) is 9.59 Å². The van der Waals surface area contributed by atoms with Crippen molar-refractivity contribution in [1.82, 2.24) is 10.2 Å². The predicted molar refractivity (Wildman–Crippen MR) is 56.8 cm³/mol. The van der Waals surface area contributed by atoms with E-state index in [4.69, 9.17) is 6.42 Å². The molecule has 0 aromatic heterocycles. The third kappa shape index (κ3) is 2.50. The van der Waals surface area contributed by atoms with Crippen LogP contribution in [0, 0.1) is 18.3 Å². The zero-order chi connectivity index (χ0) is 11.4. The van der Waals surface area contributed by atoms with Crippen molar-refractivity contribution >= 4 is 11.8 Å². The Hall–Kier alpha value is -1.50. The van der Waals surface area contributed by atoms with Crippen LogP contribution in [-0.4, -0.2) is 35.8 Å². The first kappa shape index (κ1) is 11.6. The van der Waals surface area contributed by atoms with Crippen LogP contribution in [0.4, 0.5) is 0 Å². The quantitative estimate of drug-likeness (QED) is 0.663. The van der Waals surface area contributed by atoms with Crippen molar-refractivity contribution in [2.75, 3.05) is 13.1 Å². The van der Waals surface area contributed by atoms with Gasteiger partial charge in [0.25, 0.3) is 0 Å². The number of amides is 2. The predicted octanol–water partition coefficient (Wildman–Crippen LogP) is -0.00730. The molecule has 0 aromatic rings. The summed E-state index contributed by atoms with van der Waals surface area (Å²) in [5.41, 5.74) is 0. The summed E-state index contributed by atoms with van der Waals surface area (Å²) < 4.78 is 0. The minimum absolute atomic E-state index is 0.0677. The molecular weight excluding hydrogens is 192 g/mol. The second kappa shape index (κ2) is 4.83. The van der Waals surface area contributed by atoms with Crippen molar-refractivity contribution in [2.24, 2.45) is 5.92 Å². The lowest BCUT2D eigenvalue weighted by Crippen LogP contribution is -2.60. The van der Waals surface area contributed by atoms with Gasteiger partial charge >= 0.3 is 0 Å². The van der Waals surface area contributed by atoms with Crippen LogP contribution in [0.1, 0.15) is 20.3 Å². The van der Waals surface area contributed by atoms with E-state index >= 15 is 0 Å². The fraction of sp³-hybridized carbons (Fsp3) is 0.636. The number of piperazine rings is 1. The Morgan fingerprint density at radius 1 is 1.67 bits per heavy atom. The van der Waals surface area contributed by atoms with Crippen LogP contribution in [0.3, 0.4) is 0 Å². The average Bonchev–Trinajstić information content (AvgIpc) is 2.22. The Balaban J connectivity index is 2.77. The van der Waals surface area contributed by atoms with E-state index < -0.39 is 6.04 Å². The normalized spacial score (nSPS) is 23.3. The number of carbonyl (C=O) groups is 2. The highest BCUT2D eigenvalue weighted by Crippen LogP contribution is 2.13. The van der Waals surface area contributed by atoms with Gasteiger partial charge in [-0.25, -0.2) is 0 Å². The fourth-order valence-corrected chi connectivity index (χ4v) is 1.59. The van der Waals surface area contributed by atoms with Crippen molar-refractivity contribution in [2.45, 2.75) is 26.3 Å². The molecule has 1 heterocycles. The summed E-state index contributed by atoms with van der Waals surface area (Å²) in [7, 11) is 0. The van der Waals surface area contributed by atoms with Gasteiger partial charge in [0.15, 0.2) is 0 Å². The van der Waals surface area contributed by atoms with E-state index in [2.05, 4.69) is 11.2 Å². The molecule has 2 atom stereocenters. The van der Waals surface area contributed by atoms with Crippen LogP contribution < -0.4 is 5.32 Å². The number of nitrogens with zero attached hydrogens (tertiary/aromatic N) is 1. The lowest BCUT2D eigenvalue weighted by atomic mass is 9.96. The lowest BCUT2D eigenvalue weighted by molar-refractivity contribution is -0.145. The van der Waals surface area contributed by atoms with Gasteiger partial charge in [-0.15, -0.1) is 6.42 Å². The Kier molecular flexibility index (Phi) is 3.73. The number of hydrogen-bond donors (Lipinski definition) is 1. The first-order valence-corrected chi connectivity index (χ1v) is 5.11. The average molecular weight is 208 g/mol. The number of hydrogen-bond acceptors (Lipinski definition) is 2. The van der Waals surface area contributed by atoms with E-state index in [1.807, 2.05) is 13.8 Å². The first-order chi connectivity index (χ1) is 7.10. The van der Waals surface area contributed by atoms with E-state index in [1.165, 1.54) is 4.90 Å². The Morgan fingerprint density at radius 3 is 2.87 bits per heavy atom. The van der Waals surface area contributed by atoms with Crippen molar-refractivity contribution in [1.29, 1.82) is 0 Å². The molecule has 1 aliphatic rings. The molecule has 4 nitrogen and oxygen atoms in total. The van der Waals surface area contributed by atoms with Crippen molar-refractivity contribution in [3.05, 3.63) is 0 Å². The van der Waals surface area contributed by atoms with Crippen LogP contribution >= 0.6 is 0 Å². The SMILES string of the molecule is C#CCN1CC(=O)NC(C(C)CC)C1=O. The van der Waals surface area contributed by atoms with Crippen molar-refractivity contribution in [3.63, 3.8) is 0 Å². The summed E-state index contributed by atoms with van der Waals surface area (Å²) in [5.74, 6) is 2.33. The number of rotatable bonds is 3. The molecule has 1 saturated heterocycles. The second-order valence-corrected chi connectivity index (χ2v) is 3.83. The minimum Gasteiger partial charge on any atom is -0.342 e. The van der Waals surface area contributed by atoms with Gasteiger partial charge in [0.1, 0.15) is 12.6 Å². The third-order valence-corrected chi connectivity index (χ3v) is 2.72. The molecule has 1 aliphatic heterocycles. The smallest absolute Gasteiger partial charge is 0.246 e. The number of nitrogens with one attached hydrogen (secondary N) is 1. The monoisotopic (exact) mass is 208 g/mol. The van der Waals surface area contributed by atoms with Crippen LogP contribution in [-0.2, 0) is 9.59 Å². The summed E-state index contributed by atoms with van der Waals surface area (Å²) >= 11 is 0. The molecule has 2 amide bonds. The van der Waals surface area contributed by atoms with E-state index in [-0.39, 0.29) is 30.8 Å². The molecule has 1 fully saturated rings. The van der Waals surface area contributed by atoms with Gasteiger partial charge in [0.2, 0.25) is 11.8 Å². The highest BCUT2D eigenvalue weighted by Gasteiger charge is 2.34. The first-order valence-electron chi connectivity index (χ1n) is 5.11. The summed E-state index contributed by atoms with van der Waals surface area (Å²) in [4.78, 5) is 24.7. The zero-order valence-corrected chi connectivity index (χ0v) is 9.12. The molecule has 0 aliphatic carbocycles. The second-order valence-electron chi connectivity index (χ2n) is 3.83. The minimum atomic E-state index is -0.412. The van der Waals surface area contributed by atoms with Gasteiger partial charge in [-0.1, -0.05) is 26.2 Å². The largest absolute Gasteiger partial charge is 0.342 e. The standard InChI is InChI=1S/C11H16N2O2/c1-4-6-13-7-9(14)12-10(11(13)15)8(3)5-2/h1,8,10H,5-7H2,2-3H3,(H,12,14). The third-order valence-electron chi connectivity index (χ3n) is 2.72. The lowest BCUT2D eigenvalue weighted by Gasteiger charge is -2.34. The molecule has 1 rings (SSSR count). The molecule has 0 saturated carbocycles. The van der Waals surface area contributed by atoms with Crippen molar-refractivity contribution in [3.8, 4) is 12.3 Å². The Morgan fingerprint density at radius 2 is 2.33 bits per heavy atom. The van der Waals surface area contributed by atoms with Gasteiger partial charge < -0.3 is 10.2 Å². The highest BCUT2D eigenvalue weighted by atomic mass is 16.2. The highest BCUT2D eigenvalue weighted by molar-refractivity contribution is 5.95. The molecule has 0 bridgehead atoms. The molecule has 0 aromatic carbocycles.